The molecule has 0 N–H and O–H groups in total. The molecule has 36 valence electrons. The Hall–Kier alpha value is 2.85. The molecule has 0 rings (SSSR count). The molecule has 0 aromatic carbocycles. The van der Waals surface area contributed by atoms with E-state index in [1.165, 1.54) is 0 Å². The quantitative estimate of drug-likeness (QED) is 0.526. The van der Waals surface area contributed by atoms with Crippen LogP contribution in [-0.2, 0) is 67.7 Å². The first-order valence-electron chi connectivity index (χ1n) is 0. The van der Waals surface area contributed by atoms with E-state index in [2.05, 4.69) is 0 Å². The van der Waals surface area contributed by atoms with Crippen molar-refractivity contribution in [2.75, 3.05) is 0 Å². The average molecular weight is 343 g/mol. The maximum absolute atomic E-state index is 0. The van der Waals surface area contributed by atoms with Gasteiger partial charge in [-0.05, 0) is 0 Å². The molecule has 0 unspecified atom stereocenters. The standard InChI is InChI=1S/Co.Cr.Mn.Ni.Sn. The van der Waals surface area contributed by atoms with Crippen molar-refractivity contribution in [2.24, 2.45) is 0 Å². The minimum Gasteiger partial charge on any atom is 0 e. The topological polar surface area (TPSA) is 0 Å². The summed E-state index contributed by atoms with van der Waals surface area (Å²) >= 11 is 0. The zero-order valence-electron chi connectivity index (χ0n) is 1.94. The number of hydrogen-bond acceptors (Lipinski definition) is 0. The van der Waals surface area contributed by atoms with Gasteiger partial charge in [0.25, 0.3) is 0 Å². The van der Waals surface area contributed by atoms with Crippen LogP contribution in [0.15, 0.2) is 0 Å². The zero-order chi connectivity index (χ0) is 0. The summed E-state index contributed by atoms with van der Waals surface area (Å²) in [4.78, 5) is 0. The molecule has 0 saturated heterocycles. The third-order valence-corrected chi connectivity index (χ3v) is 0. The Morgan fingerprint density at radius 3 is 1.00 bits per heavy atom. The molecule has 0 fully saturated rings. The molecule has 0 saturated carbocycles. The van der Waals surface area contributed by atoms with Gasteiger partial charge in [-0.1, -0.05) is 0 Å². The predicted octanol–water partition coefficient (Wildman–Crippen LogP) is -0.391. The normalized spacial score (nSPS) is 0. The van der Waals surface area contributed by atoms with Crippen molar-refractivity contribution in [3.8, 4) is 0 Å². The molecule has 0 aliphatic heterocycles. The Morgan fingerprint density at radius 1 is 1.00 bits per heavy atom. The average Bonchev–Trinajstić information content (AvgIpc) is 0. The van der Waals surface area contributed by atoms with Crippen LogP contribution in [0, 0.1) is 0 Å². The SMILES string of the molecule is [Co].[Cr].[Mn].[Ni].[Sn]. The van der Waals surface area contributed by atoms with Crippen LogP contribution < -0.4 is 0 Å². The van der Waals surface area contributed by atoms with E-state index in [1.54, 1.807) is 0 Å². The molecule has 6 radical (unpaired) electrons. The third-order valence-electron chi connectivity index (χ3n) is 0. The first-order valence-corrected chi connectivity index (χ1v) is 0. The maximum Gasteiger partial charge on any atom is 0 e. The van der Waals surface area contributed by atoms with Crippen molar-refractivity contribution >= 4 is 23.9 Å². The summed E-state index contributed by atoms with van der Waals surface area (Å²) in [5.74, 6) is 0. The molecular weight excluding hydrogens is 343 g/mol. The van der Waals surface area contributed by atoms with Gasteiger partial charge in [-0.3, -0.25) is 0 Å². The summed E-state index contributed by atoms with van der Waals surface area (Å²) < 4.78 is 0. The van der Waals surface area contributed by atoms with Gasteiger partial charge in [-0.15, -0.1) is 0 Å². The summed E-state index contributed by atoms with van der Waals surface area (Å²) in [6, 6.07) is 0. The van der Waals surface area contributed by atoms with Crippen LogP contribution in [0.1, 0.15) is 0 Å². The first-order chi connectivity index (χ1) is 0. The van der Waals surface area contributed by atoms with Crippen LogP contribution >= 0.6 is 0 Å². The molecule has 0 aliphatic carbocycles. The molecule has 5 heteroatoms. The summed E-state index contributed by atoms with van der Waals surface area (Å²) in [6.07, 6.45) is 0. The van der Waals surface area contributed by atoms with Gasteiger partial charge in [-0.25, -0.2) is 0 Å². The van der Waals surface area contributed by atoms with Crippen molar-refractivity contribution in [1.29, 1.82) is 0 Å². The fraction of sp³-hybridized carbons (Fsp3) is 0. The van der Waals surface area contributed by atoms with Crippen molar-refractivity contribution in [2.45, 2.75) is 0 Å². The van der Waals surface area contributed by atoms with Gasteiger partial charge >= 0.3 is 0 Å². The zero-order valence-corrected chi connectivity index (χ0v) is 9.27. The second kappa shape index (κ2) is 28.9. The molecule has 0 aromatic rings. The second-order valence-electron chi connectivity index (χ2n) is 0. The van der Waals surface area contributed by atoms with Crippen molar-refractivity contribution in [1.82, 2.24) is 0 Å². The minimum absolute atomic E-state index is 0. The van der Waals surface area contributed by atoms with E-state index in [0.717, 1.165) is 0 Å². The molecule has 0 atom stereocenters. The van der Waals surface area contributed by atoms with Gasteiger partial charge in [-0.2, -0.15) is 0 Å². The van der Waals surface area contributed by atoms with Gasteiger partial charge in [0.15, 0.2) is 0 Å². The fourth-order valence-corrected chi connectivity index (χ4v) is 0. The van der Waals surface area contributed by atoms with Crippen LogP contribution in [-0.4, -0.2) is 23.9 Å². The van der Waals surface area contributed by atoms with E-state index in [0.29, 0.717) is 0 Å². The van der Waals surface area contributed by atoms with Crippen LogP contribution in [0.4, 0.5) is 0 Å². The molecule has 0 nitrogen and oxygen atoms in total. The second-order valence-corrected chi connectivity index (χ2v) is 0. The predicted molar refractivity (Wildman–Crippen MR) is 5.75 cm³/mol. The molecule has 0 spiro atoms. The Balaban J connectivity index is 0. The molecule has 5 heavy (non-hydrogen) atoms. The third kappa shape index (κ3) is 19.8. The number of rotatable bonds is 0. The smallest absolute Gasteiger partial charge is 0 e. The van der Waals surface area contributed by atoms with Crippen LogP contribution in [0.25, 0.3) is 0 Å². The van der Waals surface area contributed by atoms with Gasteiger partial charge in [0, 0.05) is 91.6 Å². The largest absolute Gasteiger partial charge is 0 e. The molecular formula is CoCrMnNiSn. The van der Waals surface area contributed by atoms with Crippen molar-refractivity contribution in [3.05, 3.63) is 0 Å². The van der Waals surface area contributed by atoms with Gasteiger partial charge < -0.3 is 0 Å². The van der Waals surface area contributed by atoms with E-state index in [4.69, 9.17) is 0 Å². The molecule has 0 heterocycles. The summed E-state index contributed by atoms with van der Waals surface area (Å²) in [6.45, 7) is 0. The molecule has 0 amide bonds. The molecule has 0 bridgehead atoms. The summed E-state index contributed by atoms with van der Waals surface area (Å²) in [7, 11) is 0. The van der Waals surface area contributed by atoms with Crippen LogP contribution in [0.5, 0.6) is 0 Å². The van der Waals surface area contributed by atoms with Gasteiger partial charge in [0.05, 0.1) is 0 Å². The van der Waals surface area contributed by atoms with E-state index < -0.39 is 0 Å². The Morgan fingerprint density at radius 2 is 1.00 bits per heavy atom. The van der Waals surface area contributed by atoms with E-state index in [-0.39, 0.29) is 91.6 Å². The van der Waals surface area contributed by atoms with Crippen molar-refractivity contribution < 1.29 is 67.7 Å². The van der Waals surface area contributed by atoms with E-state index >= 15 is 0 Å². The van der Waals surface area contributed by atoms with Crippen molar-refractivity contribution in [3.63, 3.8) is 0 Å². The summed E-state index contributed by atoms with van der Waals surface area (Å²) in [5, 5.41) is 0. The molecule has 0 aliphatic rings. The Kier molecular flexibility index (Phi) is 262. The van der Waals surface area contributed by atoms with Gasteiger partial charge in [0.1, 0.15) is 0 Å². The maximum atomic E-state index is 0. The van der Waals surface area contributed by atoms with E-state index in [1.807, 2.05) is 0 Å². The Bertz CT molecular complexity index is 11.6. The minimum atomic E-state index is 0. The van der Waals surface area contributed by atoms with Gasteiger partial charge in [0.2, 0.25) is 0 Å². The monoisotopic (exact) mass is 344 g/mol. The van der Waals surface area contributed by atoms with Crippen LogP contribution in [0.2, 0.25) is 0 Å². The molecule has 0 aromatic heterocycles. The van der Waals surface area contributed by atoms with Crippen LogP contribution in [0.3, 0.4) is 0 Å². The first kappa shape index (κ1) is 45.3. The fourth-order valence-electron chi connectivity index (χ4n) is 0. The summed E-state index contributed by atoms with van der Waals surface area (Å²) in [5.41, 5.74) is 0. The van der Waals surface area contributed by atoms with E-state index in [9.17, 15) is 0 Å². The number of hydrogen-bond donors (Lipinski definition) is 0. The Labute approximate surface area is 90.3 Å².